The summed E-state index contributed by atoms with van der Waals surface area (Å²) in [6.45, 7) is 0. The van der Waals surface area contributed by atoms with Crippen molar-refractivity contribution in [3.63, 3.8) is 0 Å². The summed E-state index contributed by atoms with van der Waals surface area (Å²) in [6.07, 6.45) is 1.67. The molecule has 0 radical (unpaired) electrons. The first-order valence-electron chi connectivity index (χ1n) is 8.49. The van der Waals surface area contributed by atoms with Crippen LogP contribution in [0.1, 0.15) is 33.8 Å². The Morgan fingerprint density at radius 1 is 1.17 bits per heavy atom. The van der Waals surface area contributed by atoms with Gasteiger partial charge in [-0.3, -0.25) is 14.4 Å². The number of ether oxygens (including phenoxy) is 2. The topological polar surface area (TPSA) is 136 Å². The number of benzene rings is 1. The summed E-state index contributed by atoms with van der Waals surface area (Å²) in [4.78, 5) is 51.7. The first kappa shape index (κ1) is 19.9. The number of methoxy groups -OCH3 is 2. The van der Waals surface area contributed by atoms with E-state index in [9.17, 15) is 24.3 Å². The summed E-state index contributed by atoms with van der Waals surface area (Å²) < 4.78 is 14.7. The molecule has 0 bridgehead atoms. The van der Waals surface area contributed by atoms with Gasteiger partial charge >= 0.3 is 11.9 Å². The number of carbonyl (C=O) groups excluding carboxylic acids is 2. The number of carbonyl (C=O) groups is 2. The Balaban J connectivity index is 2.30. The average molecular weight is 399 g/mol. The zero-order valence-corrected chi connectivity index (χ0v) is 15.6. The number of nitrogens with one attached hydrogen (secondary N) is 1. The van der Waals surface area contributed by atoms with Gasteiger partial charge in [-0.05, 0) is 12.1 Å². The summed E-state index contributed by atoms with van der Waals surface area (Å²) in [6, 6.07) is 6.46. The Bertz CT molecular complexity index is 1210. The van der Waals surface area contributed by atoms with E-state index in [1.165, 1.54) is 6.07 Å². The first-order chi connectivity index (χ1) is 13.9. The molecule has 2 heterocycles. The molecule has 0 unspecified atom stereocenters. The zero-order chi connectivity index (χ0) is 21.1. The molecule has 29 heavy (non-hydrogen) atoms. The highest BCUT2D eigenvalue weighted by Crippen LogP contribution is 2.33. The summed E-state index contributed by atoms with van der Waals surface area (Å²) in [5, 5.41) is 10.8. The normalized spacial score (nSPS) is 11.8. The van der Waals surface area contributed by atoms with Crippen LogP contribution in [-0.4, -0.2) is 36.2 Å². The lowest BCUT2D eigenvalue weighted by atomic mass is 9.88. The van der Waals surface area contributed by atoms with E-state index in [2.05, 4.69) is 14.5 Å². The van der Waals surface area contributed by atoms with Crippen molar-refractivity contribution in [3.05, 3.63) is 74.0 Å². The molecule has 2 aromatic heterocycles. The van der Waals surface area contributed by atoms with Gasteiger partial charge in [0.15, 0.2) is 5.43 Å². The predicted octanol–water partition coefficient (Wildman–Crippen LogP) is 1.67. The molecule has 0 fully saturated rings. The van der Waals surface area contributed by atoms with Crippen molar-refractivity contribution in [2.75, 3.05) is 14.2 Å². The lowest BCUT2D eigenvalue weighted by Crippen LogP contribution is -2.25. The van der Waals surface area contributed by atoms with Gasteiger partial charge in [0.25, 0.3) is 5.56 Å². The van der Waals surface area contributed by atoms with Gasteiger partial charge in [0.05, 0.1) is 37.9 Å². The number of fused-ring (bicyclic) bond motifs is 1. The van der Waals surface area contributed by atoms with E-state index < -0.39 is 41.0 Å². The fourth-order valence-electron chi connectivity index (χ4n) is 3.08. The predicted molar refractivity (Wildman–Crippen MR) is 101 cm³/mol. The largest absolute Gasteiger partial charge is 0.506 e. The van der Waals surface area contributed by atoms with Crippen LogP contribution < -0.4 is 11.0 Å². The Kier molecular flexibility index (Phi) is 5.49. The van der Waals surface area contributed by atoms with Gasteiger partial charge in [-0.2, -0.15) is 0 Å². The van der Waals surface area contributed by atoms with Crippen molar-refractivity contribution >= 4 is 22.9 Å². The fourth-order valence-corrected chi connectivity index (χ4v) is 3.08. The smallest absolute Gasteiger partial charge is 0.343 e. The first-order valence-corrected chi connectivity index (χ1v) is 8.49. The lowest BCUT2D eigenvalue weighted by molar-refractivity contribution is -0.140. The second-order valence-corrected chi connectivity index (χ2v) is 6.13. The van der Waals surface area contributed by atoms with Crippen LogP contribution in [0, 0.1) is 0 Å². The SMILES string of the molecule is COC(=O)C[C@H](c1c(O)c(C(=O)OC)c[nH]c1=O)c1coc2ccccc2c1=O. The molecule has 0 aliphatic heterocycles. The van der Waals surface area contributed by atoms with Gasteiger partial charge in [0.2, 0.25) is 0 Å². The van der Waals surface area contributed by atoms with Crippen molar-refractivity contribution in [1.29, 1.82) is 0 Å². The number of rotatable bonds is 5. The minimum atomic E-state index is -1.23. The van der Waals surface area contributed by atoms with E-state index in [1.807, 2.05) is 0 Å². The van der Waals surface area contributed by atoms with Crippen molar-refractivity contribution in [1.82, 2.24) is 4.98 Å². The van der Waals surface area contributed by atoms with E-state index in [1.54, 1.807) is 18.2 Å². The summed E-state index contributed by atoms with van der Waals surface area (Å²) in [5.74, 6) is -3.55. The summed E-state index contributed by atoms with van der Waals surface area (Å²) in [7, 11) is 2.26. The maximum absolute atomic E-state index is 13.0. The molecule has 150 valence electrons. The van der Waals surface area contributed by atoms with Crippen LogP contribution in [0.5, 0.6) is 5.75 Å². The molecular formula is C20H17NO8. The fraction of sp³-hybridized carbons (Fsp3) is 0.200. The molecule has 2 N–H and O–H groups in total. The Morgan fingerprint density at radius 2 is 1.90 bits per heavy atom. The van der Waals surface area contributed by atoms with E-state index in [0.29, 0.717) is 5.58 Å². The van der Waals surface area contributed by atoms with E-state index in [0.717, 1.165) is 26.7 Å². The third-order valence-electron chi connectivity index (χ3n) is 4.54. The van der Waals surface area contributed by atoms with Gasteiger partial charge < -0.3 is 24.0 Å². The van der Waals surface area contributed by atoms with Crippen molar-refractivity contribution in [2.45, 2.75) is 12.3 Å². The van der Waals surface area contributed by atoms with Crippen molar-refractivity contribution < 1.29 is 28.6 Å². The molecule has 0 aliphatic rings. The Morgan fingerprint density at radius 3 is 2.59 bits per heavy atom. The van der Waals surface area contributed by atoms with Crippen LogP contribution in [0.25, 0.3) is 11.0 Å². The highest BCUT2D eigenvalue weighted by molar-refractivity contribution is 5.92. The van der Waals surface area contributed by atoms with Crippen LogP contribution in [0.3, 0.4) is 0 Å². The second kappa shape index (κ2) is 8.01. The average Bonchev–Trinajstić information content (AvgIpc) is 2.73. The van der Waals surface area contributed by atoms with Gasteiger partial charge in [-0.1, -0.05) is 12.1 Å². The number of hydrogen-bond donors (Lipinski definition) is 2. The van der Waals surface area contributed by atoms with E-state index in [4.69, 9.17) is 4.42 Å². The number of H-pyrrole nitrogens is 1. The molecule has 0 aliphatic carbocycles. The number of esters is 2. The van der Waals surface area contributed by atoms with Crippen LogP contribution in [0.2, 0.25) is 0 Å². The molecule has 9 heteroatoms. The van der Waals surface area contributed by atoms with E-state index in [-0.39, 0.29) is 22.1 Å². The second-order valence-electron chi connectivity index (χ2n) is 6.13. The minimum absolute atomic E-state index is 0.0445. The van der Waals surface area contributed by atoms with Gasteiger partial charge in [0.1, 0.15) is 16.9 Å². The standard InChI is InChI=1S/C20H17NO8/c1-27-15(22)7-11(13-9-29-14-6-4-3-5-10(14)17(13)23)16-18(24)12(20(26)28-2)8-21-19(16)25/h3-6,8-9,11H,7H2,1-2H3,(H2,21,24,25)/t11-/m0/s1. The molecule has 0 saturated heterocycles. The number of hydrogen-bond acceptors (Lipinski definition) is 8. The van der Waals surface area contributed by atoms with Crippen molar-refractivity contribution in [3.8, 4) is 5.75 Å². The number of pyridine rings is 1. The molecule has 1 atom stereocenters. The number of aromatic amines is 1. The molecule has 1 aromatic carbocycles. The Labute approximate surface area is 163 Å². The minimum Gasteiger partial charge on any atom is -0.506 e. The van der Waals surface area contributed by atoms with Gasteiger partial charge in [0, 0.05) is 17.7 Å². The molecular weight excluding hydrogens is 382 g/mol. The van der Waals surface area contributed by atoms with E-state index >= 15 is 0 Å². The highest BCUT2D eigenvalue weighted by Gasteiger charge is 2.30. The van der Waals surface area contributed by atoms with Gasteiger partial charge in [-0.15, -0.1) is 0 Å². The van der Waals surface area contributed by atoms with Gasteiger partial charge in [-0.25, -0.2) is 4.79 Å². The van der Waals surface area contributed by atoms with Crippen LogP contribution in [0.15, 0.2) is 50.7 Å². The number of aromatic hydroxyl groups is 1. The number of aromatic nitrogens is 1. The van der Waals surface area contributed by atoms with Crippen LogP contribution in [0.4, 0.5) is 0 Å². The van der Waals surface area contributed by atoms with Crippen LogP contribution in [-0.2, 0) is 14.3 Å². The summed E-state index contributed by atoms with van der Waals surface area (Å²) >= 11 is 0. The molecule has 0 saturated carbocycles. The molecule has 0 amide bonds. The Hall–Kier alpha value is -3.88. The quantitative estimate of drug-likeness (QED) is 0.619. The monoisotopic (exact) mass is 399 g/mol. The number of para-hydroxylation sites is 1. The van der Waals surface area contributed by atoms with Crippen molar-refractivity contribution in [2.24, 2.45) is 0 Å². The lowest BCUT2D eigenvalue weighted by Gasteiger charge is -2.17. The molecule has 3 aromatic rings. The summed E-state index contributed by atoms with van der Waals surface area (Å²) in [5.41, 5.74) is -1.65. The highest BCUT2D eigenvalue weighted by atomic mass is 16.5. The molecule has 9 nitrogen and oxygen atoms in total. The maximum atomic E-state index is 13.0. The third kappa shape index (κ3) is 3.62. The molecule has 3 rings (SSSR count). The third-order valence-corrected chi connectivity index (χ3v) is 4.54. The zero-order valence-electron chi connectivity index (χ0n) is 15.6. The molecule has 0 spiro atoms. The van der Waals surface area contributed by atoms with Crippen LogP contribution >= 0.6 is 0 Å². The maximum Gasteiger partial charge on any atom is 0.343 e.